The number of hydrogen-bond acceptors (Lipinski definition) is 6. The maximum absolute atomic E-state index is 12.8. The Morgan fingerprint density at radius 2 is 1.78 bits per heavy atom. The lowest BCUT2D eigenvalue weighted by atomic mass is 10.1. The Kier molecular flexibility index (Phi) is 6.07. The first-order chi connectivity index (χ1) is 17.8. The van der Waals surface area contributed by atoms with Crippen LogP contribution in [0.3, 0.4) is 0 Å². The number of nitrogens with zero attached hydrogens (tertiary/aromatic N) is 5. The minimum atomic E-state index is -4.60. The second kappa shape index (κ2) is 9.50. The molecular weight excluding hydrogens is 483 g/mol. The number of nitriles is 1. The summed E-state index contributed by atoms with van der Waals surface area (Å²) in [6, 6.07) is 14.9. The molecule has 11 heteroatoms. The summed E-state index contributed by atoms with van der Waals surface area (Å²) in [6.45, 7) is 0. The number of hydrogen-bond donors (Lipinski definition) is 2. The van der Waals surface area contributed by atoms with Crippen molar-refractivity contribution in [2.75, 3.05) is 5.32 Å². The molecule has 182 valence electrons. The van der Waals surface area contributed by atoms with E-state index in [9.17, 15) is 18.0 Å². The smallest absolute Gasteiger partial charge is 0.339 e. The van der Waals surface area contributed by atoms with Crippen LogP contribution in [0, 0.1) is 11.3 Å². The molecule has 2 N–H and O–H groups in total. The van der Waals surface area contributed by atoms with E-state index >= 15 is 0 Å². The summed E-state index contributed by atoms with van der Waals surface area (Å²) >= 11 is 0. The number of carbonyl (C=O) groups is 1. The first-order valence-electron chi connectivity index (χ1n) is 10.9. The fourth-order valence-electron chi connectivity index (χ4n) is 3.72. The van der Waals surface area contributed by atoms with Gasteiger partial charge in [0, 0.05) is 52.7 Å². The number of aromatic amines is 1. The Morgan fingerprint density at radius 1 is 0.946 bits per heavy atom. The summed E-state index contributed by atoms with van der Waals surface area (Å²) in [6.07, 6.45) is 1.11. The molecule has 5 aromatic rings. The molecule has 5 aromatic heterocycles. The molecule has 0 aromatic carbocycles. The predicted molar refractivity (Wildman–Crippen MR) is 129 cm³/mol. The van der Waals surface area contributed by atoms with E-state index in [1.165, 1.54) is 12.3 Å². The molecule has 0 aliphatic carbocycles. The molecule has 0 spiro atoms. The van der Waals surface area contributed by atoms with Gasteiger partial charge in [-0.15, -0.1) is 0 Å². The quantitative estimate of drug-likeness (QED) is 0.345. The first-order valence-corrected chi connectivity index (χ1v) is 10.9. The van der Waals surface area contributed by atoms with Crippen LogP contribution in [0.4, 0.5) is 18.9 Å². The van der Waals surface area contributed by atoms with Gasteiger partial charge < -0.3 is 10.3 Å². The number of fused-ring (bicyclic) bond motifs is 1. The first kappa shape index (κ1) is 23.6. The normalized spacial score (nSPS) is 11.3. The molecule has 0 aliphatic rings. The molecule has 8 nitrogen and oxygen atoms in total. The highest BCUT2D eigenvalue weighted by Gasteiger charge is 2.32. The van der Waals surface area contributed by atoms with Crippen molar-refractivity contribution in [2.24, 2.45) is 0 Å². The molecule has 5 heterocycles. The Labute approximate surface area is 207 Å². The number of aromatic nitrogens is 5. The highest BCUT2D eigenvalue weighted by Crippen LogP contribution is 2.29. The average molecular weight is 499 g/mol. The lowest BCUT2D eigenvalue weighted by Crippen LogP contribution is -2.16. The van der Waals surface area contributed by atoms with Gasteiger partial charge in [-0.2, -0.15) is 18.4 Å². The highest BCUT2D eigenvalue weighted by atomic mass is 19.4. The summed E-state index contributed by atoms with van der Waals surface area (Å²) in [5, 5.41) is 12.4. The van der Waals surface area contributed by atoms with Crippen molar-refractivity contribution in [3.8, 4) is 28.6 Å². The van der Waals surface area contributed by atoms with Crippen LogP contribution in [0.2, 0.25) is 0 Å². The summed E-state index contributed by atoms with van der Waals surface area (Å²) in [4.78, 5) is 31.7. The van der Waals surface area contributed by atoms with Gasteiger partial charge in [0.05, 0.1) is 12.1 Å². The van der Waals surface area contributed by atoms with Crippen molar-refractivity contribution in [2.45, 2.75) is 12.6 Å². The zero-order valence-electron chi connectivity index (χ0n) is 18.9. The fraction of sp³-hybridized carbons (Fsp3) is 0.0769. The lowest BCUT2D eigenvalue weighted by molar-refractivity contribution is -0.141. The molecule has 0 atom stereocenters. The molecule has 0 bridgehead atoms. The van der Waals surface area contributed by atoms with Crippen molar-refractivity contribution in [3.63, 3.8) is 0 Å². The lowest BCUT2D eigenvalue weighted by Gasteiger charge is -2.09. The molecule has 5 rings (SSSR count). The van der Waals surface area contributed by atoms with Crippen LogP contribution in [-0.2, 0) is 17.4 Å². The topological polar surface area (TPSA) is 120 Å². The summed E-state index contributed by atoms with van der Waals surface area (Å²) in [5.41, 5.74) is 3.52. The fourth-order valence-corrected chi connectivity index (χ4v) is 3.72. The van der Waals surface area contributed by atoms with Gasteiger partial charge in [0.1, 0.15) is 23.1 Å². The van der Waals surface area contributed by atoms with Gasteiger partial charge in [-0.1, -0.05) is 6.07 Å². The van der Waals surface area contributed by atoms with Gasteiger partial charge in [-0.05, 0) is 48.0 Å². The Hall–Kier alpha value is -5.11. The summed E-state index contributed by atoms with van der Waals surface area (Å²) < 4.78 is 38.5. The van der Waals surface area contributed by atoms with Crippen LogP contribution in [-0.4, -0.2) is 30.8 Å². The number of H-pyrrole nitrogens is 1. The van der Waals surface area contributed by atoms with Gasteiger partial charge >= 0.3 is 6.18 Å². The number of pyridine rings is 4. The van der Waals surface area contributed by atoms with Crippen LogP contribution in [0.5, 0.6) is 0 Å². The van der Waals surface area contributed by atoms with Crippen molar-refractivity contribution >= 4 is 22.6 Å². The second-order valence-corrected chi connectivity index (χ2v) is 8.09. The monoisotopic (exact) mass is 499 g/mol. The van der Waals surface area contributed by atoms with E-state index in [-0.39, 0.29) is 12.1 Å². The van der Waals surface area contributed by atoms with Crippen molar-refractivity contribution in [1.29, 1.82) is 5.26 Å². The second-order valence-electron chi connectivity index (χ2n) is 8.09. The van der Waals surface area contributed by atoms with Crippen LogP contribution < -0.4 is 5.32 Å². The average Bonchev–Trinajstić information content (AvgIpc) is 3.32. The van der Waals surface area contributed by atoms with Gasteiger partial charge in [-0.25, -0.2) is 9.97 Å². The number of halogens is 3. The molecule has 0 fully saturated rings. The third-order valence-electron chi connectivity index (χ3n) is 5.47. The molecule has 37 heavy (non-hydrogen) atoms. The number of carbonyl (C=O) groups excluding carboxylic acids is 1. The van der Waals surface area contributed by atoms with Crippen LogP contribution in [0.15, 0.2) is 73.3 Å². The molecule has 0 saturated carbocycles. The molecule has 0 radical (unpaired) electrons. The SMILES string of the molecule is N#Cc1cc(-c2cc3cc(-c4ccc(CC(=O)Nc5ccnc(C(F)(F)F)c5)cn4)cnc3[nH]2)ccn1. The highest BCUT2D eigenvalue weighted by molar-refractivity contribution is 5.92. The van der Waals surface area contributed by atoms with E-state index < -0.39 is 17.8 Å². The molecule has 0 saturated heterocycles. The third kappa shape index (κ3) is 5.28. The van der Waals surface area contributed by atoms with Crippen LogP contribution in [0.1, 0.15) is 17.0 Å². The van der Waals surface area contributed by atoms with Gasteiger partial charge in [0.15, 0.2) is 0 Å². The van der Waals surface area contributed by atoms with E-state index in [1.807, 2.05) is 18.2 Å². The zero-order valence-corrected chi connectivity index (χ0v) is 18.9. The summed E-state index contributed by atoms with van der Waals surface area (Å²) in [5.74, 6) is -0.479. The van der Waals surface area contributed by atoms with E-state index in [1.54, 1.807) is 36.7 Å². The molecule has 0 unspecified atom stereocenters. The number of nitrogens with one attached hydrogen (secondary N) is 2. The minimum Gasteiger partial charge on any atom is -0.339 e. The minimum absolute atomic E-state index is 0.0118. The number of rotatable bonds is 5. The largest absolute Gasteiger partial charge is 0.433 e. The maximum atomic E-state index is 12.8. The standard InChI is InChI=1S/C26H16F3N7O/c27-26(28,29)23-11-19(4-6-32-23)35-24(37)7-15-1-2-21(33-13-15)18-8-17-10-22(36-25(17)34-14-18)16-3-5-31-20(9-16)12-30/h1-6,8-11,13-14H,7H2,(H,34,36)(H,32,35,37). The van der Waals surface area contributed by atoms with E-state index in [0.29, 0.717) is 22.6 Å². The van der Waals surface area contributed by atoms with Crippen molar-refractivity contribution in [3.05, 3.63) is 90.3 Å². The zero-order chi connectivity index (χ0) is 26.0. The Morgan fingerprint density at radius 3 is 2.54 bits per heavy atom. The molecule has 1 amide bonds. The molecular formula is C26H16F3N7O. The van der Waals surface area contributed by atoms with E-state index in [2.05, 4.69) is 30.2 Å². The summed E-state index contributed by atoms with van der Waals surface area (Å²) in [7, 11) is 0. The van der Waals surface area contributed by atoms with E-state index in [4.69, 9.17) is 5.26 Å². The Balaban J connectivity index is 1.29. The maximum Gasteiger partial charge on any atom is 0.433 e. The van der Waals surface area contributed by atoms with Gasteiger partial charge in [0.2, 0.25) is 5.91 Å². The van der Waals surface area contributed by atoms with Gasteiger partial charge in [0.25, 0.3) is 0 Å². The van der Waals surface area contributed by atoms with E-state index in [0.717, 1.165) is 34.5 Å². The number of amides is 1. The van der Waals surface area contributed by atoms with Crippen LogP contribution >= 0.6 is 0 Å². The van der Waals surface area contributed by atoms with Crippen molar-refractivity contribution < 1.29 is 18.0 Å². The predicted octanol–water partition coefficient (Wildman–Crippen LogP) is 5.15. The van der Waals surface area contributed by atoms with Crippen molar-refractivity contribution in [1.82, 2.24) is 24.9 Å². The third-order valence-corrected chi connectivity index (χ3v) is 5.47. The number of alkyl halides is 3. The Bertz CT molecular complexity index is 1650. The van der Waals surface area contributed by atoms with Gasteiger partial charge in [-0.3, -0.25) is 14.8 Å². The van der Waals surface area contributed by atoms with Crippen LogP contribution in [0.25, 0.3) is 33.5 Å². The number of anilines is 1. The molecule has 0 aliphatic heterocycles.